The number of benzene rings is 3. The van der Waals surface area contributed by atoms with Gasteiger partial charge in [0.25, 0.3) is 0 Å². The highest BCUT2D eigenvalue weighted by Gasteiger charge is 2.08. The van der Waals surface area contributed by atoms with Gasteiger partial charge in [-0.15, -0.1) is 0 Å². The number of aromatic nitrogens is 1. The van der Waals surface area contributed by atoms with Crippen LogP contribution in [-0.2, 0) is 17.6 Å². The Morgan fingerprint density at radius 1 is 1.00 bits per heavy atom. The van der Waals surface area contributed by atoms with Gasteiger partial charge in [0.15, 0.2) is 11.5 Å². The van der Waals surface area contributed by atoms with Gasteiger partial charge in [-0.05, 0) is 60.0 Å². The number of nitrogens with zero attached hydrogens (tertiary/aromatic N) is 1. The summed E-state index contributed by atoms with van der Waals surface area (Å²) in [4.78, 5) is 16.7. The molecule has 3 aromatic carbocycles. The normalized spacial score (nSPS) is 10.9. The van der Waals surface area contributed by atoms with Crippen LogP contribution in [0.1, 0.15) is 22.6 Å². The summed E-state index contributed by atoms with van der Waals surface area (Å²) < 4.78 is 5.81. The van der Waals surface area contributed by atoms with Gasteiger partial charge in [0.05, 0.1) is 6.42 Å². The molecule has 0 atom stereocenters. The number of rotatable bonds is 5. The predicted octanol–water partition coefficient (Wildman–Crippen LogP) is 5.56. The molecule has 1 aromatic heterocycles. The molecule has 0 aliphatic rings. The van der Waals surface area contributed by atoms with Crippen LogP contribution in [0.25, 0.3) is 11.1 Å². The molecule has 5 heteroatoms. The van der Waals surface area contributed by atoms with E-state index in [0.29, 0.717) is 23.8 Å². The van der Waals surface area contributed by atoms with Crippen LogP contribution >= 0.6 is 11.6 Å². The van der Waals surface area contributed by atoms with E-state index < -0.39 is 0 Å². The van der Waals surface area contributed by atoms with Crippen molar-refractivity contribution in [2.75, 3.05) is 5.32 Å². The summed E-state index contributed by atoms with van der Waals surface area (Å²) in [6.45, 7) is 2.04. The molecular weight excluding hydrogens is 372 g/mol. The van der Waals surface area contributed by atoms with Crippen LogP contribution in [0.5, 0.6) is 0 Å². The summed E-state index contributed by atoms with van der Waals surface area (Å²) in [5.74, 6) is 0.615. The average molecular weight is 391 g/mol. The number of aryl methyl sites for hydroxylation is 1. The summed E-state index contributed by atoms with van der Waals surface area (Å²) in [5, 5.41) is 3.57. The van der Waals surface area contributed by atoms with Crippen molar-refractivity contribution in [2.45, 2.75) is 19.8 Å². The lowest BCUT2D eigenvalue weighted by atomic mass is 10.1. The second kappa shape index (κ2) is 7.87. The number of hydrogen-bond acceptors (Lipinski definition) is 3. The van der Waals surface area contributed by atoms with Crippen LogP contribution < -0.4 is 5.32 Å². The van der Waals surface area contributed by atoms with Crippen molar-refractivity contribution >= 4 is 34.3 Å². The van der Waals surface area contributed by atoms with Gasteiger partial charge in [0.1, 0.15) is 5.52 Å². The molecule has 4 rings (SSSR count). The van der Waals surface area contributed by atoms with E-state index in [1.807, 2.05) is 61.5 Å². The lowest BCUT2D eigenvalue weighted by Gasteiger charge is -2.06. The van der Waals surface area contributed by atoms with E-state index in [1.165, 1.54) is 0 Å². The molecule has 1 N–H and O–H groups in total. The van der Waals surface area contributed by atoms with E-state index in [1.54, 1.807) is 12.1 Å². The molecule has 140 valence electrons. The summed E-state index contributed by atoms with van der Waals surface area (Å²) in [5.41, 5.74) is 5.58. The van der Waals surface area contributed by atoms with Crippen molar-refractivity contribution in [1.82, 2.24) is 4.98 Å². The third-order valence-electron chi connectivity index (χ3n) is 4.46. The number of carbonyl (C=O) groups is 1. The molecule has 0 spiro atoms. The Morgan fingerprint density at radius 2 is 1.71 bits per heavy atom. The number of amides is 1. The number of nitrogens with one attached hydrogen (secondary N) is 1. The first kappa shape index (κ1) is 18.3. The lowest BCUT2D eigenvalue weighted by molar-refractivity contribution is -0.115. The summed E-state index contributed by atoms with van der Waals surface area (Å²) in [6.07, 6.45) is 0.911. The maximum absolute atomic E-state index is 12.2. The molecule has 0 radical (unpaired) electrons. The molecule has 0 saturated carbocycles. The SMILES string of the molecule is Cc1ccc2oc(Cc3ccc(NC(=O)Cc4ccc(Cl)cc4)cc3)nc2c1. The maximum Gasteiger partial charge on any atom is 0.228 e. The summed E-state index contributed by atoms with van der Waals surface area (Å²) >= 11 is 5.87. The van der Waals surface area contributed by atoms with Gasteiger partial charge in [-0.3, -0.25) is 4.79 Å². The highest BCUT2D eigenvalue weighted by Crippen LogP contribution is 2.20. The third-order valence-corrected chi connectivity index (χ3v) is 4.71. The molecule has 0 unspecified atom stereocenters. The fourth-order valence-corrected chi connectivity index (χ4v) is 3.16. The first-order valence-electron chi connectivity index (χ1n) is 9.04. The Labute approximate surface area is 168 Å². The van der Waals surface area contributed by atoms with Gasteiger partial charge < -0.3 is 9.73 Å². The molecule has 4 nitrogen and oxygen atoms in total. The Balaban J connectivity index is 1.38. The molecule has 1 amide bonds. The lowest BCUT2D eigenvalue weighted by Crippen LogP contribution is -2.14. The fraction of sp³-hybridized carbons (Fsp3) is 0.130. The number of anilines is 1. The van der Waals surface area contributed by atoms with E-state index in [-0.39, 0.29) is 5.91 Å². The Bertz CT molecular complexity index is 1120. The van der Waals surface area contributed by atoms with Crippen molar-refractivity contribution in [3.05, 3.63) is 94.3 Å². The zero-order valence-corrected chi connectivity index (χ0v) is 16.2. The molecule has 0 bridgehead atoms. The predicted molar refractivity (Wildman–Crippen MR) is 112 cm³/mol. The molecule has 0 fully saturated rings. The number of hydrogen-bond donors (Lipinski definition) is 1. The summed E-state index contributed by atoms with van der Waals surface area (Å²) in [7, 11) is 0. The van der Waals surface area contributed by atoms with Crippen molar-refractivity contribution in [3.8, 4) is 0 Å². The van der Waals surface area contributed by atoms with Gasteiger partial charge in [-0.25, -0.2) is 4.98 Å². The molecule has 0 saturated heterocycles. The quantitative estimate of drug-likeness (QED) is 0.485. The largest absolute Gasteiger partial charge is 0.440 e. The van der Waals surface area contributed by atoms with E-state index in [0.717, 1.165) is 33.5 Å². The Hall–Kier alpha value is -3.11. The van der Waals surface area contributed by atoms with E-state index in [9.17, 15) is 4.79 Å². The molecule has 28 heavy (non-hydrogen) atoms. The highest BCUT2D eigenvalue weighted by atomic mass is 35.5. The maximum atomic E-state index is 12.2. The fourth-order valence-electron chi connectivity index (χ4n) is 3.03. The Morgan fingerprint density at radius 3 is 2.46 bits per heavy atom. The third kappa shape index (κ3) is 4.41. The second-order valence-corrected chi connectivity index (χ2v) is 7.24. The average Bonchev–Trinajstić information content (AvgIpc) is 3.06. The number of halogens is 1. The van der Waals surface area contributed by atoms with Crippen LogP contribution in [0, 0.1) is 6.92 Å². The topological polar surface area (TPSA) is 55.1 Å². The van der Waals surface area contributed by atoms with Crippen molar-refractivity contribution in [1.29, 1.82) is 0 Å². The minimum Gasteiger partial charge on any atom is -0.440 e. The van der Waals surface area contributed by atoms with Crippen molar-refractivity contribution in [3.63, 3.8) is 0 Å². The van der Waals surface area contributed by atoms with Gasteiger partial charge in [0, 0.05) is 17.1 Å². The molecule has 0 aliphatic carbocycles. The smallest absolute Gasteiger partial charge is 0.228 e. The molecule has 4 aromatic rings. The van der Waals surface area contributed by atoms with Gasteiger partial charge >= 0.3 is 0 Å². The molecular formula is C23H19ClN2O2. The molecule has 0 aliphatic heterocycles. The van der Waals surface area contributed by atoms with E-state index in [4.69, 9.17) is 16.0 Å². The van der Waals surface area contributed by atoms with Crippen LogP contribution in [0.2, 0.25) is 5.02 Å². The zero-order chi connectivity index (χ0) is 19.5. The number of oxazole rings is 1. The van der Waals surface area contributed by atoms with Crippen LogP contribution in [0.4, 0.5) is 5.69 Å². The van der Waals surface area contributed by atoms with Gasteiger partial charge in [0.2, 0.25) is 5.91 Å². The standard InChI is InChI=1S/C23H19ClN2O2/c1-15-2-11-21-20(12-15)26-23(28-21)14-17-5-9-19(10-6-17)25-22(27)13-16-3-7-18(24)8-4-16/h2-12H,13-14H2,1H3,(H,25,27). The van der Waals surface area contributed by atoms with E-state index >= 15 is 0 Å². The number of fused-ring (bicyclic) bond motifs is 1. The van der Waals surface area contributed by atoms with E-state index in [2.05, 4.69) is 10.3 Å². The highest BCUT2D eigenvalue weighted by molar-refractivity contribution is 6.30. The summed E-state index contributed by atoms with van der Waals surface area (Å²) in [6, 6.07) is 21.0. The van der Waals surface area contributed by atoms with Crippen molar-refractivity contribution < 1.29 is 9.21 Å². The van der Waals surface area contributed by atoms with Crippen LogP contribution in [0.15, 0.2) is 71.1 Å². The van der Waals surface area contributed by atoms with Gasteiger partial charge in [-0.2, -0.15) is 0 Å². The zero-order valence-electron chi connectivity index (χ0n) is 15.4. The second-order valence-electron chi connectivity index (χ2n) is 6.80. The Kier molecular flexibility index (Phi) is 5.13. The number of carbonyl (C=O) groups excluding carboxylic acids is 1. The minimum atomic E-state index is -0.0654. The molecule has 1 heterocycles. The monoisotopic (exact) mass is 390 g/mol. The first-order chi connectivity index (χ1) is 13.5. The van der Waals surface area contributed by atoms with Crippen molar-refractivity contribution in [2.24, 2.45) is 0 Å². The first-order valence-corrected chi connectivity index (χ1v) is 9.42. The van der Waals surface area contributed by atoms with Crippen LogP contribution in [-0.4, -0.2) is 10.9 Å². The van der Waals surface area contributed by atoms with Crippen LogP contribution in [0.3, 0.4) is 0 Å². The minimum absolute atomic E-state index is 0.0654. The van der Waals surface area contributed by atoms with Gasteiger partial charge in [-0.1, -0.05) is 41.9 Å².